The molecule has 0 fully saturated rings. The van der Waals surface area contributed by atoms with Crippen molar-refractivity contribution in [3.63, 3.8) is 0 Å². The number of ketones is 1. The summed E-state index contributed by atoms with van der Waals surface area (Å²) in [6.45, 7) is 4.03. The highest BCUT2D eigenvalue weighted by Crippen LogP contribution is 2.20. The van der Waals surface area contributed by atoms with Crippen molar-refractivity contribution in [2.24, 2.45) is 0 Å². The molecule has 1 atom stereocenters. The summed E-state index contributed by atoms with van der Waals surface area (Å²) < 4.78 is 0. The van der Waals surface area contributed by atoms with Crippen LogP contribution in [-0.2, 0) is 11.2 Å². The molecule has 3 nitrogen and oxygen atoms in total. The molecule has 0 radical (unpaired) electrons. The Hall–Kier alpha value is -0.740. The smallest absolute Gasteiger partial charge is 0.159 e. The maximum absolute atomic E-state index is 12.1. The summed E-state index contributed by atoms with van der Waals surface area (Å²) in [5, 5.41) is 2.81. The van der Waals surface area contributed by atoms with Gasteiger partial charge in [-0.3, -0.25) is 9.69 Å². The van der Waals surface area contributed by atoms with Gasteiger partial charge in [0.15, 0.2) is 5.78 Å². The fraction of sp³-hybridized carbons (Fsp3) is 0.636. The van der Waals surface area contributed by atoms with Gasteiger partial charge in [-0.1, -0.05) is 6.92 Å². The second-order valence-corrected chi connectivity index (χ2v) is 5.03. The maximum atomic E-state index is 12.1. The number of nitrogens with zero attached hydrogens (tertiary/aromatic N) is 2. The highest BCUT2D eigenvalue weighted by molar-refractivity contribution is 7.09. The van der Waals surface area contributed by atoms with Gasteiger partial charge in [-0.2, -0.15) is 0 Å². The lowest BCUT2D eigenvalue weighted by Gasteiger charge is -2.33. The van der Waals surface area contributed by atoms with Crippen molar-refractivity contribution in [3.8, 4) is 0 Å². The third kappa shape index (κ3) is 2.63. The zero-order valence-electron chi connectivity index (χ0n) is 9.78. The van der Waals surface area contributed by atoms with Crippen molar-refractivity contribution in [2.75, 3.05) is 14.1 Å². The molecule has 1 rings (SSSR count). The number of carbonyl (C=O) groups is 1. The molecule has 1 aromatic heterocycles. The van der Waals surface area contributed by atoms with Gasteiger partial charge in [0.2, 0.25) is 0 Å². The van der Waals surface area contributed by atoms with Gasteiger partial charge in [0.1, 0.15) is 0 Å². The highest BCUT2D eigenvalue weighted by atomic mass is 32.1. The van der Waals surface area contributed by atoms with Crippen LogP contribution >= 0.6 is 11.3 Å². The predicted octanol–water partition coefficient (Wildman–Crippen LogP) is 1.99. The largest absolute Gasteiger partial charge is 0.297 e. The summed E-state index contributed by atoms with van der Waals surface area (Å²) in [5.74, 6) is 0.241. The number of hydrogen-bond acceptors (Lipinski definition) is 4. The Labute approximate surface area is 95.1 Å². The van der Waals surface area contributed by atoms with Crippen LogP contribution in [0.4, 0.5) is 0 Å². The standard InChI is InChI=1S/C11H18N2OS/c1-5-11(2,13(3)4)9(14)8-10-12-6-7-15-10/h6-7H,5,8H2,1-4H3. The van der Waals surface area contributed by atoms with Crippen molar-refractivity contribution in [1.82, 2.24) is 9.88 Å². The van der Waals surface area contributed by atoms with Crippen molar-refractivity contribution in [1.29, 1.82) is 0 Å². The summed E-state index contributed by atoms with van der Waals surface area (Å²) in [6.07, 6.45) is 3.01. The predicted molar refractivity (Wildman–Crippen MR) is 63.2 cm³/mol. The molecule has 0 spiro atoms. The van der Waals surface area contributed by atoms with Gasteiger partial charge in [0.05, 0.1) is 17.0 Å². The van der Waals surface area contributed by atoms with E-state index in [4.69, 9.17) is 0 Å². The average Bonchev–Trinajstić information content (AvgIpc) is 2.68. The average molecular weight is 226 g/mol. The van der Waals surface area contributed by atoms with Gasteiger partial charge < -0.3 is 0 Å². The zero-order chi connectivity index (χ0) is 11.5. The van der Waals surface area contributed by atoms with Crippen LogP contribution in [-0.4, -0.2) is 35.3 Å². The zero-order valence-corrected chi connectivity index (χ0v) is 10.6. The Bertz CT molecular complexity index is 321. The van der Waals surface area contributed by atoms with Gasteiger partial charge in [-0.25, -0.2) is 4.98 Å². The molecule has 0 saturated heterocycles. The minimum atomic E-state index is -0.369. The molecular formula is C11H18N2OS. The van der Waals surface area contributed by atoms with Crippen LogP contribution in [0.5, 0.6) is 0 Å². The van der Waals surface area contributed by atoms with Crippen LogP contribution in [0.15, 0.2) is 11.6 Å². The van der Waals surface area contributed by atoms with Crippen LogP contribution in [0.3, 0.4) is 0 Å². The quantitative estimate of drug-likeness (QED) is 0.770. The van der Waals surface area contributed by atoms with Crippen molar-refractivity contribution in [3.05, 3.63) is 16.6 Å². The van der Waals surface area contributed by atoms with Crippen molar-refractivity contribution in [2.45, 2.75) is 32.2 Å². The normalized spacial score (nSPS) is 15.3. The van der Waals surface area contributed by atoms with Crippen LogP contribution in [0.25, 0.3) is 0 Å². The summed E-state index contributed by atoms with van der Waals surface area (Å²) in [6, 6.07) is 0. The SMILES string of the molecule is CCC(C)(C(=O)Cc1nccs1)N(C)C. The first kappa shape index (κ1) is 12.3. The molecule has 0 aliphatic heterocycles. The molecule has 0 N–H and O–H groups in total. The highest BCUT2D eigenvalue weighted by Gasteiger charge is 2.33. The molecule has 1 unspecified atom stereocenters. The van der Waals surface area contributed by atoms with E-state index in [1.54, 1.807) is 6.20 Å². The molecule has 4 heteroatoms. The van der Waals surface area contributed by atoms with E-state index in [1.807, 2.05) is 38.2 Å². The first-order valence-corrected chi connectivity index (χ1v) is 5.97. The minimum Gasteiger partial charge on any atom is -0.297 e. The molecule has 0 aliphatic rings. The van der Waals surface area contributed by atoms with Crippen LogP contribution in [0.1, 0.15) is 25.3 Å². The van der Waals surface area contributed by atoms with Crippen LogP contribution in [0.2, 0.25) is 0 Å². The molecule has 0 bridgehead atoms. The maximum Gasteiger partial charge on any atom is 0.159 e. The molecule has 1 aromatic rings. The van der Waals surface area contributed by atoms with E-state index in [0.29, 0.717) is 6.42 Å². The Morgan fingerprint density at radius 3 is 2.67 bits per heavy atom. The minimum absolute atomic E-state index is 0.241. The first-order chi connectivity index (χ1) is 7.00. The van der Waals surface area contributed by atoms with E-state index >= 15 is 0 Å². The van der Waals surface area contributed by atoms with Gasteiger partial charge in [-0.15, -0.1) is 11.3 Å². The summed E-state index contributed by atoms with van der Waals surface area (Å²) in [4.78, 5) is 18.3. The number of likely N-dealkylation sites (N-methyl/N-ethyl adjacent to an activating group) is 1. The fourth-order valence-corrected chi connectivity index (χ4v) is 2.05. The lowest BCUT2D eigenvalue weighted by Crippen LogP contribution is -2.48. The molecule has 0 aromatic carbocycles. The van der Waals surface area contributed by atoms with Crippen molar-refractivity contribution >= 4 is 17.1 Å². The van der Waals surface area contributed by atoms with E-state index in [0.717, 1.165) is 11.4 Å². The summed E-state index contributed by atoms with van der Waals surface area (Å²) in [7, 11) is 3.90. The third-order valence-corrected chi connectivity index (χ3v) is 3.85. The molecule has 0 amide bonds. The number of aromatic nitrogens is 1. The van der Waals surface area contributed by atoms with Gasteiger partial charge in [0.25, 0.3) is 0 Å². The van der Waals surface area contributed by atoms with Gasteiger partial charge in [-0.05, 0) is 27.4 Å². The Morgan fingerprint density at radius 1 is 1.60 bits per heavy atom. The number of thiazole rings is 1. The van der Waals surface area contributed by atoms with E-state index in [1.165, 1.54) is 11.3 Å². The Kier molecular flexibility index (Phi) is 3.99. The number of carbonyl (C=O) groups excluding carboxylic acids is 1. The summed E-state index contributed by atoms with van der Waals surface area (Å²) >= 11 is 1.54. The van der Waals surface area contributed by atoms with Gasteiger partial charge >= 0.3 is 0 Å². The van der Waals surface area contributed by atoms with Crippen LogP contribution in [0, 0.1) is 0 Å². The second kappa shape index (κ2) is 4.86. The number of Topliss-reactive ketones (excluding diaryl/α,β-unsaturated/α-hetero) is 1. The third-order valence-electron chi connectivity index (χ3n) is 3.07. The Morgan fingerprint density at radius 2 is 2.27 bits per heavy atom. The lowest BCUT2D eigenvalue weighted by molar-refractivity contribution is -0.128. The van der Waals surface area contributed by atoms with Crippen molar-refractivity contribution < 1.29 is 4.79 Å². The van der Waals surface area contributed by atoms with E-state index < -0.39 is 0 Å². The topological polar surface area (TPSA) is 33.2 Å². The van der Waals surface area contributed by atoms with Gasteiger partial charge in [0, 0.05) is 11.6 Å². The lowest BCUT2D eigenvalue weighted by atomic mass is 9.90. The molecule has 15 heavy (non-hydrogen) atoms. The first-order valence-electron chi connectivity index (χ1n) is 5.09. The molecular weight excluding hydrogens is 208 g/mol. The second-order valence-electron chi connectivity index (χ2n) is 4.05. The molecule has 0 saturated carbocycles. The summed E-state index contributed by atoms with van der Waals surface area (Å²) in [5.41, 5.74) is -0.369. The number of hydrogen-bond donors (Lipinski definition) is 0. The molecule has 84 valence electrons. The monoisotopic (exact) mass is 226 g/mol. The fourth-order valence-electron chi connectivity index (χ4n) is 1.43. The molecule has 0 aliphatic carbocycles. The van der Waals surface area contributed by atoms with E-state index in [2.05, 4.69) is 4.98 Å². The van der Waals surface area contributed by atoms with E-state index in [-0.39, 0.29) is 11.3 Å². The molecule has 1 heterocycles. The van der Waals surface area contributed by atoms with Crippen LogP contribution < -0.4 is 0 Å². The van der Waals surface area contributed by atoms with E-state index in [9.17, 15) is 4.79 Å². The Balaban J connectivity index is 2.74. The number of rotatable bonds is 5.